The molecule has 0 atom stereocenters. The molecule has 0 aromatic heterocycles. The number of nitrogens with one attached hydrogen (secondary N) is 3. The van der Waals surface area contributed by atoms with Crippen molar-refractivity contribution in [3.63, 3.8) is 0 Å². The smallest absolute Gasteiger partial charge is 0.267 e. The van der Waals surface area contributed by atoms with Crippen molar-refractivity contribution in [2.24, 2.45) is 5.84 Å². The standard InChI is InChI=1S/C21H26N6O3/c22-17-13-15(5-7-18(17)25-23)21(29)24-16-9-11-27(12-10-16)19-4-2-1-3-14(19)6-8-20(28)26-30/h1-8,13,16,25,30H,9-12,22-23H2,(H,24,29)(H,26,28)/b8-6+. The zero-order valence-corrected chi connectivity index (χ0v) is 16.5. The number of anilines is 3. The molecular weight excluding hydrogens is 384 g/mol. The molecule has 0 aliphatic carbocycles. The van der Waals surface area contributed by atoms with Gasteiger partial charge in [0.25, 0.3) is 11.8 Å². The first-order valence-corrected chi connectivity index (χ1v) is 9.65. The molecule has 9 nitrogen and oxygen atoms in total. The molecule has 0 saturated carbocycles. The van der Waals surface area contributed by atoms with Crippen LogP contribution in [0.15, 0.2) is 48.5 Å². The van der Waals surface area contributed by atoms with Gasteiger partial charge < -0.3 is 21.4 Å². The van der Waals surface area contributed by atoms with Crippen molar-refractivity contribution < 1.29 is 14.8 Å². The van der Waals surface area contributed by atoms with Crippen LogP contribution in [0.4, 0.5) is 17.1 Å². The number of piperidine rings is 1. The minimum atomic E-state index is -0.581. The van der Waals surface area contributed by atoms with E-state index in [1.54, 1.807) is 29.8 Å². The van der Waals surface area contributed by atoms with Crippen LogP contribution in [0.5, 0.6) is 0 Å². The molecule has 2 aromatic rings. The van der Waals surface area contributed by atoms with Crippen LogP contribution in [-0.4, -0.2) is 36.2 Å². The second kappa shape index (κ2) is 9.77. The highest BCUT2D eigenvalue weighted by Gasteiger charge is 2.22. The summed E-state index contributed by atoms with van der Waals surface area (Å²) in [5, 5.41) is 11.7. The molecule has 158 valence electrons. The number of nitrogens with zero attached hydrogens (tertiary/aromatic N) is 1. The van der Waals surface area contributed by atoms with Crippen molar-refractivity contribution in [3.8, 4) is 0 Å². The van der Waals surface area contributed by atoms with Gasteiger partial charge in [-0.1, -0.05) is 18.2 Å². The van der Waals surface area contributed by atoms with E-state index in [0.717, 1.165) is 37.2 Å². The monoisotopic (exact) mass is 410 g/mol. The van der Waals surface area contributed by atoms with Gasteiger partial charge in [0.1, 0.15) is 0 Å². The lowest BCUT2D eigenvalue weighted by Crippen LogP contribution is -2.44. The number of carbonyl (C=O) groups is 2. The average molecular weight is 410 g/mol. The summed E-state index contributed by atoms with van der Waals surface area (Å²) < 4.78 is 0. The number of benzene rings is 2. The maximum atomic E-state index is 12.5. The lowest BCUT2D eigenvalue weighted by molar-refractivity contribution is -0.124. The van der Waals surface area contributed by atoms with Crippen LogP contribution in [-0.2, 0) is 4.79 Å². The Morgan fingerprint density at radius 1 is 1.13 bits per heavy atom. The molecule has 1 fully saturated rings. The van der Waals surface area contributed by atoms with Gasteiger partial charge in [-0.15, -0.1) is 0 Å². The molecule has 1 saturated heterocycles. The van der Waals surface area contributed by atoms with E-state index in [9.17, 15) is 9.59 Å². The van der Waals surface area contributed by atoms with Crippen LogP contribution >= 0.6 is 0 Å². The normalized spacial score (nSPS) is 14.5. The Morgan fingerprint density at radius 3 is 2.53 bits per heavy atom. The first-order valence-electron chi connectivity index (χ1n) is 9.65. The Hall–Kier alpha value is -3.56. The van der Waals surface area contributed by atoms with Crippen molar-refractivity contribution in [1.82, 2.24) is 10.8 Å². The summed E-state index contributed by atoms with van der Waals surface area (Å²) in [6.45, 7) is 1.53. The Balaban J connectivity index is 1.60. The average Bonchev–Trinajstić information content (AvgIpc) is 2.78. The number of hydrogen-bond donors (Lipinski definition) is 6. The summed E-state index contributed by atoms with van der Waals surface area (Å²) in [6.07, 6.45) is 4.53. The number of amides is 2. The summed E-state index contributed by atoms with van der Waals surface area (Å²) in [5.74, 6) is 4.62. The molecule has 8 N–H and O–H groups in total. The van der Waals surface area contributed by atoms with Gasteiger partial charge in [-0.05, 0) is 48.7 Å². The molecule has 1 heterocycles. The highest BCUT2D eigenvalue weighted by Crippen LogP contribution is 2.25. The number of hydroxylamine groups is 1. The van der Waals surface area contributed by atoms with Crippen molar-refractivity contribution in [2.45, 2.75) is 18.9 Å². The first kappa shape index (κ1) is 21.2. The fraction of sp³-hybridized carbons (Fsp3) is 0.238. The molecule has 2 aromatic carbocycles. The van der Waals surface area contributed by atoms with Crippen molar-refractivity contribution in [3.05, 3.63) is 59.7 Å². The number of nitrogen functional groups attached to an aromatic ring is 2. The molecule has 9 heteroatoms. The summed E-state index contributed by atoms with van der Waals surface area (Å²) in [7, 11) is 0. The van der Waals surface area contributed by atoms with Crippen LogP contribution < -0.4 is 32.7 Å². The quantitative estimate of drug-likeness (QED) is 0.139. The fourth-order valence-electron chi connectivity index (χ4n) is 3.49. The van der Waals surface area contributed by atoms with Crippen LogP contribution in [0.3, 0.4) is 0 Å². The topological polar surface area (TPSA) is 146 Å². The second-order valence-electron chi connectivity index (χ2n) is 7.05. The molecule has 0 spiro atoms. The Bertz CT molecular complexity index is 938. The van der Waals surface area contributed by atoms with E-state index < -0.39 is 5.91 Å². The maximum Gasteiger partial charge on any atom is 0.267 e. The van der Waals surface area contributed by atoms with Crippen molar-refractivity contribution in [1.29, 1.82) is 0 Å². The molecule has 2 amide bonds. The summed E-state index contributed by atoms with van der Waals surface area (Å²) in [5.41, 5.74) is 13.3. The van der Waals surface area contributed by atoms with Gasteiger partial charge in [-0.2, -0.15) is 0 Å². The summed E-state index contributed by atoms with van der Waals surface area (Å²) >= 11 is 0. The van der Waals surface area contributed by atoms with E-state index in [-0.39, 0.29) is 11.9 Å². The first-order chi connectivity index (χ1) is 14.5. The number of carbonyl (C=O) groups excluding carboxylic acids is 2. The Morgan fingerprint density at radius 2 is 1.87 bits per heavy atom. The van der Waals surface area contributed by atoms with Crippen LogP contribution in [0.2, 0.25) is 0 Å². The zero-order chi connectivity index (χ0) is 21.5. The predicted molar refractivity (Wildman–Crippen MR) is 117 cm³/mol. The zero-order valence-electron chi connectivity index (χ0n) is 16.5. The van der Waals surface area contributed by atoms with Gasteiger partial charge in [0.15, 0.2) is 0 Å². The minimum absolute atomic E-state index is 0.0603. The van der Waals surface area contributed by atoms with E-state index in [0.29, 0.717) is 16.9 Å². The van der Waals surface area contributed by atoms with E-state index in [4.69, 9.17) is 16.8 Å². The van der Waals surface area contributed by atoms with Gasteiger partial charge >= 0.3 is 0 Å². The van der Waals surface area contributed by atoms with E-state index in [1.165, 1.54) is 6.08 Å². The van der Waals surface area contributed by atoms with Gasteiger partial charge in [0.05, 0.1) is 11.4 Å². The number of hydrazine groups is 1. The third kappa shape index (κ3) is 5.07. The van der Waals surface area contributed by atoms with Crippen LogP contribution in [0.1, 0.15) is 28.8 Å². The predicted octanol–water partition coefficient (Wildman–Crippen LogP) is 1.47. The van der Waals surface area contributed by atoms with Crippen LogP contribution in [0.25, 0.3) is 6.08 Å². The lowest BCUT2D eigenvalue weighted by atomic mass is 10.0. The largest absolute Gasteiger partial charge is 0.397 e. The van der Waals surface area contributed by atoms with Gasteiger partial charge in [0, 0.05) is 36.5 Å². The van der Waals surface area contributed by atoms with E-state index in [1.807, 2.05) is 24.3 Å². The lowest BCUT2D eigenvalue weighted by Gasteiger charge is -2.34. The molecule has 1 aliphatic rings. The Labute approximate surface area is 174 Å². The number of hydrogen-bond acceptors (Lipinski definition) is 7. The van der Waals surface area contributed by atoms with Gasteiger partial charge in [-0.3, -0.25) is 20.6 Å². The molecule has 0 unspecified atom stereocenters. The highest BCUT2D eigenvalue weighted by molar-refractivity contribution is 5.96. The number of nitrogens with two attached hydrogens (primary N) is 2. The van der Waals surface area contributed by atoms with Crippen LogP contribution in [0, 0.1) is 0 Å². The third-order valence-corrected chi connectivity index (χ3v) is 5.10. The molecule has 30 heavy (non-hydrogen) atoms. The highest BCUT2D eigenvalue weighted by atomic mass is 16.5. The SMILES string of the molecule is NNc1ccc(C(=O)NC2CCN(c3ccccc3/C=C/C(=O)NO)CC2)cc1N. The van der Waals surface area contributed by atoms with Gasteiger partial charge in [0.2, 0.25) is 0 Å². The second-order valence-corrected chi connectivity index (χ2v) is 7.05. The van der Waals surface area contributed by atoms with Crippen molar-refractivity contribution >= 4 is 35.0 Å². The number of rotatable bonds is 6. The third-order valence-electron chi connectivity index (χ3n) is 5.10. The van der Waals surface area contributed by atoms with E-state index >= 15 is 0 Å². The molecule has 1 aliphatic heterocycles. The molecule has 3 rings (SSSR count). The summed E-state index contributed by atoms with van der Waals surface area (Å²) in [4.78, 5) is 26.0. The maximum absolute atomic E-state index is 12.5. The Kier molecular flexibility index (Phi) is 6.89. The minimum Gasteiger partial charge on any atom is -0.397 e. The summed E-state index contributed by atoms with van der Waals surface area (Å²) in [6, 6.07) is 12.8. The molecule has 0 radical (unpaired) electrons. The van der Waals surface area contributed by atoms with E-state index in [2.05, 4.69) is 15.6 Å². The molecular formula is C21H26N6O3. The number of para-hydroxylation sites is 1. The molecule has 0 bridgehead atoms. The fourth-order valence-corrected chi connectivity index (χ4v) is 3.49. The van der Waals surface area contributed by atoms with Crippen molar-refractivity contribution in [2.75, 3.05) is 29.1 Å². The van der Waals surface area contributed by atoms with Gasteiger partial charge in [-0.25, -0.2) is 5.48 Å².